The van der Waals surface area contributed by atoms with E-state index < -0.39 is 0 Å². The number of likely N-dealkylation sites (tertiary alicyclic amines) is 1. The van der Waals surface area contributed by atoms with Crippen molar-refractivity contribution in [2.75, 3.05) is 20.2 Å². The first-order chi connectivity index (χ1) is 10.2. The molecule has 2 unspecified atom stereocenters. The van der Waals surface area contributed by atoms with Crippen molar-refractivity contribution in [2.45, 2.75) is 37.8 Å². The number of amides is 1. The van der Waals surface area contributed by atoms with Crippen LogP contribution in [0.25, 0.3) is 0 Å². The molecule has 2 heterocycles. The van der Waals surface area contributed by atoms with Crippen molar-refractivity contribution in [3.05, 3.63) is 28.2 Å². The van der Waals surface area contributed by atoms with E-state index in [-0.39, 0.29) is 5.91 Å². The Morgan fingerprint density at radius 3 is 2.95 bits per heavy atom. The van der Waals surface area contributed by atoms with Gasteiger partial charge in [-0.05, 0) is 66.4 Å². The monoisotopic (exact) mass is 352 g/mol. The minimum atomic E-state index is 0.108. The number of hydrogen-bond acceptors (Lipinski definition) is 3. The van der Waals surface area contributed by atoms with Gasteiger partial charge in [-0.2, -0.15) is 0 Å². The highest BCUT2D eigenvalue weighted by molar-refractivity contribution is 9.10. The van der Waals surface area contributed by atoms with Crippen LogP contribution in [-0.4, -0.2) is 43.1 Å². The van der Waals surface area contributed by atoms with Gasteiger partial charge in [-0.15, -0.1) is 0 Å². The number of rotatable bonds is 3. The van der Waals surface area contributed by atoms with Gasteiger partial charge < -0.3 is 15.0 Å². The predicted molar refractivity (Wildman–Crippen MR) is 85.8 cm³/mol. The average Bonchev–Trinajstić information content (AvgIpc) is 3.17. The highest BCUT2D eigenvalue weighted by atomic mass is 79.9. The van der Waals surface area contributed by atoms with Crippen LogP contribution in [0.15, 0.2) is 22.7 Å². The van der Waals surface area contributed by atoms with E-state index in [1.165, 1.54) is 12.8 Å². The Morgan fingerprint density at radius 1 is 1.38 bits per heavy atom. The first-order valence-corrected chi connectivity index (χ1v) is 8.38. The van der Waals surface area contributed by atoms with Gasteiger partial charge in [-0.3, -0.25) is 4.79 Å². The van der Waals surface area contributed by atoms with Crippen molar-refractivity contribution in [3.8, 4) is 5.75 Å². The molecule has 2 atom stereocenters. The molecule has 2 aliphatic heterocycles. The van der Waals surface area contributed by atoms with E-state index >= 15 is 0 Å². The van der Waals surface area contributed by atoms with Crippen LogP contribution in [0.3, 0.4) is 0 Å². The number of benzene rings is 1. The molecular formula is C16H21BrN2O2. The molecule has 0 saturated carbocycles. The number of methoxy groups -OCH3 is 1. The fraction of sp³-hybridized carbons (Fsp3) is 0.562. The van der Waals surface area contributed by atoms with E-state index in [0.717, 1.165) is 36.2 Å². The molecule has 2 saturated heterocycles. The van der Waals surface area contributed by atoms with Crippen LogP contribution < -0.4 is 10.1 Å². The highest BCUT2D eigenvalue weighted by Gasteiger charge is 2.36. The molecule has 114 valence electrons. The quantitative estimate of drug-likeness (QED) is 0.909. The highest BCUT2D eigenvalue weighted by Crippen LogP contribution is 2.30. The fourth-order valence-corrected chi connectivity index (χ4v) is 3.87. The Bertz CT molecular complexity index is 529. The number of carbonyl (C=O) groups excluding carboxylic acids is 1. The normalized spacial score (nSPS) is 25.3. The number of nitrogens with one attached hydrogen (secondary N) is 1. The number of hydrogen-bond donors (Lipinski definition) is 1. The number of halogens is 1. The second-order valence-corrected chi connectivity index (χ2v) is 6.61. The van der Waals surface area contributed by atoms with Crippen molar-refractivity contribution in [3.63, 3.8) is 0 Å². The first kappa shape index (κ1) is 14.9. The van der Waals surface area contributed by atoms with Crippen LogP contribution in [0.5, 0.6) is 5.75 Å². The fourth-order valence-electron chi connectivity index (χ4n) is 3.45. The summed E-state index contributed by atoms with van der Waals surface area (Å²) in [5.41, 5.74) is 0.694. The van der Waals surface area contributed by atoms with Gasteiger partial charge in [0.1, 0.15) is 5.75 Å². The molecule has 1 aromatic rings. The standard InChI is InChI=1S/C16H21BrN2O2/c1-21-11-6-7-13(17)12(10-11)16(20)19-9-3-5-15(19)14-4-2-8-18-14/h6-7,10,14-15,18H,2-5,8-9H2,1H3. The summed E-state index contributed by atoms with van der Waals surface area (Å²) in [7, 11) is 1.62. The zero-order valence-electron chi connectivity index (χ0n) is 12.3. The summed E-state index contributed by atoms with van der Waals surface area (Å²) in [6.07, 6.45) is 4.58. The van der Waals surface area contributed by atoms with E-state index in [1.54, 1.807) is 7.11 Å². The van der Waals surface area contributed by atoms with Gasteiger partial charge in [0, 0.05) is 23.1 Å². The van der Waals surface area contributed by atoms with E-state index in [0.29, 0.717) is 17.6 Å². The van der Waals surface area contributed by atoms with Crippen molar-refractivity contribution < 1.29 is 9.53 Å². The maximum Gasteiger partial charge on any atom is 0.255 e. The third-order valence-corrected chi connectivity index (χ3v) is 5.22. The Labute approximate surface area is 134 Å². The summed E-state index contributed by atoms with van der Waals surface area (Å²) >= 11 is 3.49. The van der Waals surface area contributed by atoms with E-state index in [4.69, 9.17) is 4.74 Å². The molecule has 4 nitrogen and oxygen atoms in total. The molecule has 1 N–H and O–H groups in total. The van der Waals surface area contributed by atoms with Crippen LogP contribution in [0.4, 0.5) is 0 Å². The molecule has 5 heteroatoms. The molecule has 1 aromatic carbocycles. The van der Waals surface area contributed by atoms with E-state index in [9.17, 15) is 4.79 Å². The van der Waals surface area contributed by atoms with Gasteiger partial charge in [0.15, 0.2) is 0 Å². The second-order valence-electron chi connectivity index (χ2n) is 5.76. The maximum atomic E-state index is 12.9. The van der Waals surface area contributed by atoms with Crippen LogP contribution in [0, 0.1) is 0 Å². The minimum absolute atomic E-state index is 0.108. The summed E-state index contributed by atoms with van der Waals surface area (Å²) in [6, 6.07) is 6.36. The zero-order valence-corrected chi connectivity index (χ0v) is 13.9. The molecule has 2 fully saturated rings. The maximum absolute atomic E-state index is 12.9. The van der Waals surface area contributed by atoms with Gasteiger partial charge >= 0.3 is 0 Å². The molecule has 0 radical (unpaired) electrons. The van der Waals surface area contributed by atoms with Gasteiger partial charge in [0.25, 0.3) is 5.91 Å². The SMILES string of the molecule is COc1ccc(Br)c(C(=O)N2CCCC2C2CCCN2)c1. The summed E-state index contributed by atoms with van der Waals surface area (Å²) in [5.74, 6) is 0.827. The van der Waals surface area contributed by atoms with Crippen molar-refractivity contribution in [2.24, 2.45) is 0 Å². The van der Waals surface area contributed by atoms with Gasteiger partial charge in [0.2, 0.25) is 0 Å². The minimum Gasteiger partial charge on any atom is -0.497 e. The van der Waals surface area contributed by atoms with Crippen LogP contribution >= 0.6 is 15.9 Å². The Kier molecular flexibility index (Phi) is 4.50. The largest absolute Gasteiger partial charge is 0.497 e. The lowest BCUT2D eigenvalue weighted by molar-refractivity contribution is 0.0710. The average molecular weight is 353 g/mol. The first-order valence-electron chi connectivity index (χ1n) is 7.58. The van der Waals surface area contributed by atoms with Crippen LogP contribution in [-0.2, 0) is 0 Å². The molecule has 0 aromatic heterocycles. The Morgan fingerprint density at radius 2 is 2.24 bits per heavy atom. The van der Waals surface area contributed by atoms with Crippen molar-refractivity contribution >= 4 is 21.8 Å². The summed E-state index contributed by atoms with van der Waals surface area (Å²) < 4.78 is 6.08. The molecule has 3 rings (SSSR count). The Hall–Kier alpha value is -1.07. The predicted octanol–water partition coefficient (Wildman–Crippen LogP) is 2.81. The summed E-state index contributed by atoms with van der Waals surface area (Å²) in [4.78, 5) is 15.0. The lowest BCUT2D eigenvalue weighted by atomic mass is 10.0. The molecule has 21 heavy (non-hydrogen) atoms. The number of nitrogens with zero attached hydrogens (tertiary/aromatic N) is 1. The number of carbonyl (C=O) groups is 1. The third-order valence-electron chi connectivity index (χ3n) is 4.53. The summed E-state index contributed by atoms with van der Waals surface area (Å²) in [5, 5.41) is 3.54. The topological polar surface area (TPSA) is 41.6 Å². The molecule has 1 amide bonds. The Balaban J connectivity index is 1.83. The van der Waals surface area contributed by atoms with Crippen molar-refractivity contribution in [1.29, 1.82) is 0 Å². The van der Waals surface area contributed by atoms with Gasteiger partial charge in [0.05, 0.1) is 12.7 Å². The molecule has 0 aliphatic carbocycles. The molecule has 0 spiro atoms. The number of ether oxygens (including phenoxy) is 1. The van der Waals surface area contributed by atoms with Crippen molar-refractivity contribution in [1.82, 2.24) is 10.2 Å². The second kappa shape index (κ2) is 6.36. The van der Waals surface area contributed by atoms with E-state index in [2.05, 4.69) is 21.2 Å². The third kappa shape index (κ3) is 2.94. The van der Waals surface area contributed by atoms with E-state index in [1.807, 2.05) is 23.1 Å². The molecule has 0 bridgehead atoms. The van der Waals surface area contributed by atoms with Gasteiger partial charge in [-0.1, -0.05) is 0 Å². The van der Waals surface area contributed by atoms with Crippen LogP contribution in [0.2, 0.25) is 0 Å². The zero-order chi connectivity index (χ0) is 14.8. The smallest absolute Gasteiger partial charge is 0.255 e. The molecule has 2 aliphatic rings. The molecular weight excluding hydrogens is 332 g/mol. The van der Waals surface area contributed by atoms with Gasteiger partial charge in [-0.25, -0.2) is 0 Å². The lowest BCUT2D eigenvalue weighted by Gasteiger charge is -2.30. The lowest BCUT2D eigenvalue weighted by Crippen LogP contribution is -2.46. The van der Waals surface area contributed by atoms with Crippen LogP contribution in [0.1, 0.15) is 36.0 Å². The summed E-state index contributed by atoms with van der Waals surface area (Å²) in [6.45, 7) is 1.93.